The van der Waals surface area contributed by atoms with Gasteiger partial charge in [0.25, 0.3) is 0 Å². The molecule has 7 nitrogen and oxygen atoms in total. The van der Waals surface area contributed by atoms with Gasteiger partial charge in [-0.25, -0.2) is 4.98 Å². The maximum atomic E-state index is 5.74. The van der Waals surface area contributed by atoms with Crippen LogP contribution < -0.4 is 4.74 Å². The molecule has 0 aliphatic carbocycles. The Morgan fingerprint density at radius 1 is 1.30 bits per heavy atom. The minimum Gasteiger partial charge on any atom is -0.477 e. The average Bonchev–Trinajstić information content (AvgIpc) is 2.95. The summed E-state index contributed by atoms with van der Waals surface area (Å²) in [7, 11) is 0. The quantitative estimate of drug-likeness (QED) is 0.836. The van der Waals surface area contributed by atoms with Crippen molar-refractivity contribution in [2.24, 2.45) is 0 Å². The van der Waals surface area contributed by atoms with E-state index < -0.39 is 0 Å². The maximum absolute atomic E-state index is 5.74. The first-order valence-corrected chi connectivity index (χ1v) is 7.94. The van der Waals surface area contributed by atoms with Gasteiger partial charge in [-0.05, 0) is 32.9 Å². The van der Waals surface area contributed by atoms with Crippen molar-refractivity contribution in [2.45, 2.75) is 39.5 Å². The second-order valence-corrected chi connectivity index (χ2v) is 5.75. The molecule has 3 heterocycles. The Morgan fingerprint density at radius 3 is 2.83 bits per heavy atom. The molecule has 2 aromatic rings. The van der Waals surface area contributed by atoms with E-state index in [1.165, 1.54) is 0 Å². The molecule has 1 saturated heterocycles. The second-order valence-electron chi connectivity index (χ2n) is 5.75. The van der Waals surface area contributed by atoms with Gasteiger partial charge in [0.15, 0.2) is 0 Å². The molecule has 0 N–H and O–H groups in total. The highest BCUT2D eigenvalue weighted by atomic mass is 16.5. The molecule has 0 aromatic carbocycles. The van der Waals surface area contributed by atoms with Crippen LogP contribution in [0.25, 0.3) is 11.4 Å². The van der Waals surface area contributed by atoms with Crippen molar-refractivity contribution in [3.63, 3.8) is 0 Å². The number of nitrogens with zero attached hydrogens (tertiary/aromatic N) is 4. The molecule has 23 heavy (non-hydrogen) atoms. The Hall–Kier alpha value is -1.99. The normalized spacial score (nSPS) is 22.2. The molecule has 0 unspecified atom stereocenters. The van der Waals surface area contributed by atoms with Crippen molar-refractivity contribution in [1.29, 1.82) is 0 Å². The zero-order valence-corrected chi connectivity index (χ0v) is 13.7. The molecule has 7 heteroatoms. The summed E-state index contributed by atoms with van der Waals surface area (Å²) in [6, 6.07) is 3.71. The Morgan fingerprint density at radius 2 is 2.09 bits per heavy atom. The lowest BCUT2D eigenvalue weighted by molar-refractivity contribution is -0.0725. The number of ether oxygens (including phenoxy) is 2. The predicted molar refractivity (Wildman–Crippen MR) is 84.0 cm³/mol. The molecule has 0 radical (unpaired) electrons. The minimum atomic E-state index is 0.212. The fraction of sp³-hybridized carbons (Fsp3) is 0.562. The number of hydrogen-bond donors (Lipinski definition) is 0. The van der Waals surface area contributed by atoms with Crippen molar-refractivity contribution in [1.82, 2.24) is 20.0 Å². The third kappa shape index (κ3) is 3.86. The molecule has 0 spiro atoms. The monoisotopic (exact) mass is 318 g/mol. The number of pyridine rings is 1. The van der Waals surface area contributed by atoms with Crippen molar-refractivity contribution < 1.29 is 14.0 Å². The number of morpholine rings is 1. The summed E-state index contributed by atoms with van der Waals surface area (Å²) in [5, 5.41) is 4.07. The predicted octanol–water partition coefficient (Wildman–Crippen LogP) is 2.14. The molecule has 2 aromatic heterocycles. The third-order valence-electron chi connectivity index (χ3n) is 3.62. The van der Waals surface area contributed by atoms with Crippen molar-refractivity contribution in [3.05, 3.63) is 24.2 Å². The molecular weight excluding hydrogens is 296 g/mol. The van der Waals surface area contributed by atoms with Crippen LogP contribution in [0.3, 0.4) is 0 Å². The van der Waals surface area contributed by atoms with Crippen molar-refractivity contribution in [2.75, 3.05) is 19.7 Å². The van der Waals surface area contributed by atoms with Crippen LogP contribution in [0.15, 0.2) is 22.9 Å². The van der Waals surface area contributed by atoms with Crippen LogP contribution in [0.2, 0.25) is 0 Å². The van der Waals surface area contributed by atoms with E-state index in [0.29, 0.717) is 30.7 Å². The largest absolute Gasteiger partial charge is 0.477 e. The summed E-state index contributed by atoms with van der Waals surface area (Å²) >= 11 is 0. The van der Waals surface area contributed by atoms with E-state index in [9.17, 15) is 0 Å². The van der Waals surface area contributed by atoms with Gasteiger partial charge in [0.05, 0.1) is 30.9 Å². The average molecular weight is 318 g/mol. The van der Waals surface area contributed by atoms with E-state index in [2.05, 4.69) is 33.9 Å². The van der Waals surface area contributed by atoms with Crippen LogP contribution in [0.1, 0.15) is 26.7 Å². The highest BCUT2D eigenvalue weighted by Crippen LogP contribution is 2.25. The molecule has 3 rings (SSSR count). The zero-order chi connectivity index (χ0) is 16.2. The van der Waals surface area contributed by atoms with Gasteiger partial charge < -0.3 is 14.0 Å². The second kappa shape index (κ2) is 7.06. The van der Waals surface area contributed by atoms with Crippen LogP contribution in [-0.2, 0) is 11.3 Å². The zero-order valence-electron chi connectivity index (χ0n) is 13.7. The highest BCUT2D eigenvalue weighted by Gasteiger charge is 2.24. The standard InChI is InChI=1S/C16H22N4O3/c1-4-21-16-13(6-5-7-17-16)15-18-14(23-19-15)10-20-8-11(2)22-12(3)9-20/h5-7,11-12H,4,8-10H2,1-3H3/t11-,12-/m0/s1. The SMILES string of the molecule is CCOc1ncccc1-c1noc(CN2C[C@H](C)O[C@@H](C)C2)n1. The third-order valence-corrected chi connectivity index (χ3v) is 3.62. The van der Waals surface area contributed by atoms with E-state index in [1.807, 2.05) is 19.1 Å². The summed E-state index contributed by atoms with van der Waals surface area (Å²) in [6.45, 7) is 8.95. The molecule has 0 saturated carbocycles. The molecular formula is C16H22N4O3. The van der Waals surface area contributed by atoms with Gasteiger partial charge in [0.1, 0.15) is 0 Å². The molecule has 1 aliphatic heterocycles. The summed E-state index contributed by atoms with van der Waals surface area (Å²) < 4.78 is 16.7. The van der Waals surface area contributed by atoms with Gasteiger partial charge in [0.2, 0.25) is 17.6 Å². The lowest BCUT2D eigenvalue weighted by atomic mass is 10.2. The van der Waals surface area contributed by atoms with Crippen molar-refractivity contribution in [3.8, 4) is 17.3 Å². The molecule has 1 fully saturated rings. The molecule has 2 atom stereocenters. The smallest absolute Gasteiger partial charge is 0.241 e. The van der Waals surface area contributed by atoms with Crippen molar-refractivity contribution >= 4 is 0 Å². The Balaban J connectivity index is 1.73. The number of aromatic nitrogens is 3. The Bertz CT molecular complexity index is 636. The molecule has 0 amide bonds. The van der Waals surface area contributed by atoms with Crippen LogP contribution >= 0.6 is 0 Å². The first-order chi connectivity index (χ1) is 11.2. The first-order valence-electron chi connectivity index (χ1n) is 7.94. The fourth-order valence-electron chi connectivity index (χ4n) is 2.85. The first kappa shape index (κ1) is 15.9. The fourth-order valence-corrected chi connectivity index (χ4v) is 2.85. The lowest BCUT2D eigenvalue weighted by Gasteiger charge is -2.34. The van der Waals surface area contributed by atoms with E-state index in [1.54, 1.807) is 6.20 Å². The van der Waals surface area contributed by atoms with E-state index >= 15 is 0 Å². The van der Waals surface area contributed by atoms with E-state index in [0.717, 1.165) is 18.7 Å². The van der Waals surface area contributed by atoms with E-state index in [4.69, 9.17) is 14.0 Å². The van der Waals surface area contributed by atoms with Gasteiger partial charge in [-0.2, -0.15) is 4.98 Å². The van der Waals surface area contributed by atoms with Gasteiger partial charge in [-0.3, -0.25) is 4.90 Å². The number of rotatable bonds is 5. The summed E-state index contributed by atoms with van der Waals surface area (Å²) in [6.07, 6.45) is 2.11. The van der Waals surface area contributed by atoms with Crippen LogP contribution in [0.5, 0.6) is 5.88 Å². The Kier molecular flexibility index (Phi) is 4.88. The molecule has 0 bridgehead atoms. The van der Waals surface area contributed by atoms with E-state index in [-0.39, 0.29) is 12.2 Å². The van der Waals surface area contributed by atoms with Gasteiger partial charge in [-0.1, -0.05) is 5.16 Å². The van der Waals surface area contributed by atoms with Gasteiger partial charge in [0, 0.05) is 19.3 Å². The molecule has 124 valence electrons. The highest BCUT2D eigenvalue weighted by molar-refractivity contribution is 5.60. The molecule has 1 aliphatic rings. The lowest BCUT2D eigenvalue weighted by Crippen LogP contribution is -2.44. The summed E-state index contributed by atoms with van der Waals surface area (Å²) in [5.41, 5.74) is 0.744. The Labute approximate surface area is 135 Å². The van der Waals surface area contributed by atoms with Gasteiger partial charge in [-0.15, -0.1) is 0 Å². The van der Waals surface area contributed by atoms with Crippen LogP contribution in [0, 0.1) is 0 Å². The number of hydrogen-bond acceptors (Lipinski definition) is 7. The summed E-state index contributed by atoms with van der Waals surface area (Å²) in [4.78, 5) is 11.0. The van der Waals surface area contributed by atoms with Crippen LogP contribution in [0.4, 0.5) is 0 Å². The summed E-state index contributed by atoms with van der Waals surface area (Å²) in [5.74, 6) is 1.62. The minimum absolute atomic E-state index is 0.212. The van der Waals surface area contributed by atoms with Gasteiger partial charge >= 0.3 is 0 Å². The van der Waals surface area contributed by atoms with Crippen LogP contribution in [-0.4, -0.2) is 51.9 Å². The topological polar surface area (TPSA) is 73.5 Å². The maximum Gasteiger partial charge on any atom is 0.241 e.